The molecule has 0 amide bonds. The Hall–Kier alpha value is -1.11. The van der Waals surface area contributed by atoms with Crippen LogP contribution in [0.3, 0.4) is 0 Å². The van der Waals surface area contributed by atoms with Crippen LogP contribution in [0.4, 0.5) is 0 Å². The zero-order valence-electron chi connectivity index (χ0n) is 13.9. The molecule has 1 aromatic rings. The minimum absolute atomic E-state index is 0.108. The van der Waals surface area contributed by atoms with E-state index in [1.54, 1.807) is 11.4 Å². The lowest BCUT2D eigenvalue weighted by Crippen LogP contribution is -2.45. The van der Waals surface area contributed by atoms with Gasteiger partial charge in [-0.1, -0.05) is 6.07 Å². The van der Waals surface area contributed by atoms with E-state index in [2.05, 4.69) is 17.4 Å². The van der Waals surface area contributed by atoms with Crippen LogP contribution in [0.25, 0.3) is 0 Å². The summed E-state index contributed by atoms with van der Waals surface area (Å²) in [6.45, 7) is 1.41. The lowest BCUT2D eigenvalue weighted by Gasteiger charge is -2.29. The van der Waals surface area contributed by atoms with Crippen molar-refractivity contribution in [3.63, 3.8) is 0 Å². The van der Waals surface area contributed by atoms with Crippen molar-refractivity contribution in [2.24, 2.45) is 0 Å². The second-order valence-electron chi connectivity index (χ2n) is 6.65. The van der Waals surface area contributed by atoms with Gasteiger partial charge < -0.3 is 10.1 Å². The molecule has 128 valence electrons. The maximum absolute atomic E-state index is 11.8. The highest BCUT2D eigenvalue weighted by molar-refractivity contribution is 7.88. The van der Waals surface area contributed by atoms with Gasteiger partial charge in [-0.2, -0.15) is 4.31 Å². The van der Waals surface area contributed by atoms with Crippen LogP contribution < -0.4 is 10.1 Å². The summed E-state index contributed by atoms with van der Waals surface area (Å²) in [5, 5.41) is 3.60. The van der Waals surface area contributed by atoms with Crippen LogP contribution in [0, 0.1) is 0 Å². The molecule has 1 heterocycles. The third kappa shape index (κ3) is 3.87. The van der Waals surface area contributed by atoms with Crippen molar-refractivity contribution in [3.05, 3.63) is 29.3 Å². The first-order chi connectivity index (χ1) is 11.0. The summed E-state index contributed by atoms with van der Waals surface area (Å²) in [4.78, 5) is 0. The third-order valence-corrected chi connectivity index (χ3v) is 6.37. The first-order valence-corrected chi connectivity index (χ1v) is 10.2. The van der Waals surface area contributed by atoms with Crippen LogP contribution in [0.2, 0.25) is 0 Å². The fraction of sp³-hybridized carbons (Fsp3) is 0.647. The van der Waals surface area contributed by atoms with Crippen molar-refractivity contribution in [2.75, 3.05) is 26.5 Å². The molecule has 0 spiro atoms. The summed E-state index contributed by atoms with van der Waals surface area (Å²) in [5.41, 5.74) is 2.75. The molecular weight excluding hydrogens is 312 g/mol. The van der Waals surface area contributed by atoms with E-state index in [4.69, 9.17) is 4.74 Å². The Balaban J connectivity index is 1.59. The summed E-state index contributed by atoms with van der Waals surface area (Å²) in [5.74, 6) is 0.906. The quantitative estimate of drug-likeness (QED) is 0.885. The number of hydrogen-bond donors (Lipinski definition) is 1. The SMILES string of the molecule is COc1ccc2c(c1)C[C@@H](NC[C@H]1CCCN1S(C)(=O)=O)CC2. The Bertz CT molecular complexity index is 660. The van der Waals surface area contributed by atoms with E-state index in [1.807, 2.05) is 6.07 Å². The first-order valence-electron chi connectivity index (χ1n) is 8.33. The highest BCUT2D eigenvalue weighted by Gasteiger charge is 2.31. The number of nitrogens with one attached hydrogen (secondary N) is 1. The molecule has 0 saturated carbocycles. The molecule has 23 heavy (non-hydrogen) atoms. The molecule has 1 aromatic carbocycles. The minimum atomic E-state index is -3.09. The molecule has 5 nitrogen and oxygen atoms in total. The maximum atomic E-state index is 11.8. The standard InChI is InChI=1S/C17H26N2O3S/c1-22-17-8-6-13-5-7-15(10-14(13)11-17)18-12-16-4-3-9-19(16)23(2,20)21/h6,8,11,15-16,18H,3-5,7,9-10,12H2,1-2H3/t15-,16+/m0/s1. The summed E-state index contributed by atoms with van der Waals surface area (Å²) in [6.07, 6.45) is 6.39. The Morgan fingerprint density at radius 1 is 1.30 bits per heavy atom. The predicted octanol–water partition coefficient (Wildman–Crippen LogP) is 1.57. The van der Waals surface area contributed by atoms with Gasteiger partial charge in [-0.15, -0.1) is 0 Å². The third-order valence-electron chi connectivity index (χ3n) is 5.03. The number of aryl methyl sites for hydroxylation is 1. The molecule has 3 rings (SSSR count). The van der Waals surface area contributed by atoms with Crippen LogP contribution in [-0.4, -0.2) is 51.3 Å². The van der Waals surface area contributed by atoms with Gasteiger partial charge in [0.1, 0.15) is 5.75 Å². The molecule has 6 heteroatoms. The summed E-state index contributed by atoms with van der Waals surface area (Å²) < 4.78 is 30.6. The van der Waals surface area contributed by atoms with Crippen molar-refractivity contribution in [1.82, 2.24) is 9.62 Å². The Morgan fingerprint density at radius 3 is 2.87 bits per heavy atom. The van der Waals surface area contributed by atoms with Gasteiger partial charge in [0.05, 0.1) is 13.4 Å². The van der Waals surface area contributed by atoms with Crippen molar-refractivity contribution in [3.8, 4) is 5.75 Å². The lowest BCUT2D eigenvalue weighted by molar-refractivity contribution is 0.347. The van der Waals surface area contributed by atoms with Crippen molar-refractivity contribution < 1.29 is 13.2 Å². The van der Waals surface area contributed by atoms with E-state index in [9.17, 15) is 8.42 Å². The molecule has 2 atom stereocenters. The summed E-state index contributed by atoms with van der Waals surface area (Å²) in [6, 6.07) is 6.83. The smallest absolute Gasteiger partial charge is 0.211 e. The average Bonchev–Trinajstić information content (AvgIpc) is 3.01. The van der Waals surface area contributed by atoms with Crippen LogP contribution in [0.5, 0.6) is 5.75 Å². The molecule has 1 aliphatic carbocycles. The number of nitrogens with zero attached hydrogens (tertiary/aromatic N) is 1. The number of rotatable bonds is 5. The lowest BCUT2D eigenvalue weighted by atomic mass is 9.88. The molecular formula is C17H26N2O3S. The zero-order valence-corrected chi connectivity index (χ0v) is 14.7. The molecule has 1 aliphatic heterocycles. The number of fused-ring (bicyclic) bond motifs is 1. The molecule has 0 radical (unpaired) electrons. The molecule has 1 saturated heterocycles. The molecule has 1 N–H and O–H groups in total. The van der Waals surface area contributed by atoms with E-state index < -0.39 is 10.0 Å². The van der Waals surface area contributed by atoms with E-state index in [0.717, 1.165) is 44.4 Å². The van der Waals surface area contributed by atoms with E-state index in [1.165, 1.54) is 17.4 Å². The molecule has 1 fully saturated rings. The number of ether oxygens (including phenoxy) is 1. The average molecular weight is 338 g/mol. The molecule has 0 bridgehead atoms. The Kier molecular flexibility index (Phi) is 4.94. The van der Waals surface area contributed by atoms with E-state index in [-0.39, 0.29) is 6.04 Å². The van der Waals surface area contributed by atoms with E-state index >= 15 is 0 Å². The molecule has 2 aliphatic rings. The largest absolute Gasteiger partial charge is 0.497 e. The zero-order chi connectivity index (χ0) is 16.4. The molecule has 0 unspecified atom stereocenters. The summed E-state index contributed by atoms with van der Waals surface area (Å²) in [7, 11) is -1.39. The van der Waals surface area contributed by atoms with Gasteiger partial charge in [0.2, 0.25) is 10.0 Å². The first kappa shape index (κ1) is 16.7. The van der Waals surface area contributed by atoms with Gasteiger partial charge >= 0.3 is 0 Å². The van der Waals surface area contributed by atoms with Crippen LogP contribution in [0.15, 0.2) is 18.2 Å². The van der Waals surface area contributed by atoms with Crippen molar-refractivity contribution >= 4 is 10.0 Å². The maximum Gasteiger partial charge on any atom is 0.211 e. The second kappa shape index (κ2) is 6.79. The number of hydrogen-bond acceptors (Lipinski definition) is 4. The van der Waals surface area contributed by atoms with Gasteiger partial charge in [0, 0.05) is 25.2 Å². The van der Waals surface area contributed by atoms with Crippen molar-refractivity contribution in [2.45, 2.75) is 44.2 Å². The van der Waals surface area contributed by atoms with Crippen molar-refractivity contribution in [1.29, 1.82) is 0 Å². The predicted molar refractivity (Wildman–Crippen MR) is 91.4 cm³/mol. The van der Waals surface area contributed by atoms with Gasteiger partial charge in [0.15, 0.2) is 0 Å². The van der Waals surface area contributed by atoms with Gasteiger partial charge in [-0.3, -0.25) is 0 Å². The fourth-order valence-corrected chi connectivity index (χ4v) is 4.97. The Morgan fingerprint density at radius 2 is 2.13 bits per heavy atom. The Labute approximate surface area is 139 Å². The van der Waals surface area contributed by atoms with Gasteiger partial charge in [-0.05, 0) is 55.4 Å². The second-order valence-corrected chi connectivity index (χ2v) is 8.59. The highest BCUT2D eigenvalue weighted by atomic mass is 32.2. The highest BCUT2D eigenvalue weighted by Crippen LogP contribution is 2.26. The van der Waals surface area contributed by atoms with Crippen LogP contribution in [0.1, 0.15) is 30.4 Å². The fourth-order valence-electron chi connectivity index (χ4n) is 3.79. The number of sulfonamides is 1. The molecule has 0 aromatic heterocycles. The monoisotopic (exact) mass is 338 g/mol. The number of benzene rings is 1. The van der Waals surface area contributed by atoms with Gasteiger partial charge in [-0.25, -0.2) is 8.42 Å². The minimum Gasteiger partial charge on any atom is -0.497 e. The normalized spacial score (nSPS) is 25.3. The summed E-state index contributed by atoms with van der Waals surface area (Å²) >= 11 is 0. The topological polar surface area (TPSA) is 58.6 Å². The number of methoxy groups -OCH3 is 1. The van der Waals surface area contributed by atoms with Crippen LogP contribution in [-0.2, 0) is 22.9 Å². The van der Waals surface area contributed by atoms with Crippen LogP contribution >= 0.6 is 0 Å². The van der Waals surface area contributed by atoms with E-state index in [0.29, 0.717) is 12.6 Å². The van der Waals surface area contributed by atoms with Gasteiger partial charge in [0.25, 0.3) is 0 Å².